The van der Waals surface area contributed by atoms with Gasteiger partial charge in [0.05, 0.1) is 19.3 Å². The first-order valence-electron chi connectivity index (χ1n) is 4.20. The summed E-state index contributed by atoms with van der Waals surface area (Å²) in [6.45, 7) is 2.15. The monoisotopic (exact) mass is 213 g/mol. The van der Waals surface area contributed by atoms with Crippen LogP contribution in [0.25, 0.3) is 0 Å². The summed E-state index contributed by atoms with van der Waals surface area (Å²) in [6, 6.07) is 3.55. The molecule has 0 fully saturated rings. The van der Waals surface area contributed by atoms with Crippen LogP contribution in [0, 0.1) is 6.92 Å². The Morgan fingerprint density at radius 1 is 1.57 bits per heavy atom. The molecule has 0 unspecified atom stereocenters. The lowest BCUT2D eigenvalue weighted by molar-refractivity contribution is -0.106. The summed E-state index contributed by atoms with van der Waals surface area (Å²) in [4.78, 5) is 10.2. The fourth-order valence-corrected chi connectivity index (χ4v) is 1.56. The van der Waals surface area contributed by atoms with Gasteiger partial charge in [0.1, 0.15) is 12.0 Å². The average Bonchev–Trinajstić information content (AvgIpc) is 2.14. The molecule has 0 saturated heterocycles. The summed E-state index contributed by atoms with van der Waals surface area (Å²) in [5.74, 6) is 0.719. The number of nitrogens with one attached hydrogen (secondary N) is 1. The van der Waals surface area contributed by atoms with E-state index in [9.17, 15) is 4.79 Å². The number of aryl methyl sites for hydroxylation is 1. The molecule has 0 aliphatic carbocycles. The molecule has 0 radical (unpaired) electrons. The summed E-state index contributed by atoms with van der Waals surface area (Å²) < 4.78 is 5.19. The number of benzene rings is 1. The third-order valence-electron chi connectivity index (χ3n) is 1.82. The highest BCUT2D eigenvalue weighted by atomic mass is 35.5. The molecular formula is C10H12ClNO2. The van der Waals surface area contributed by atoms with Crippen LogP contribution < -0.4 is 10.1 Å². The summed E-state index contributed by atoms with van der Waals surface area (Å²) in [5.41, 5.74) is 1.68. The maximum Gasteiger partial charge on any atom is 0.144 e. The SMILES string of the molecule is COc1c(C)cc(Cl)cc1NCC=O. The van der Waals surface area contributed by atoms with Crippen molar-refractivity contribution in [3.05, 3.63) is 22.7 Å². The fraction of sp³-hybridized carbons (Fsp3) is 0.300. The van der Waals surface area contributed by atoms with Crippen molar-refractivity contribution in [1.29, 1.82) is 0 Å². The van der Waals surface area contributed by atoms with E-state index in [2.05, 4.69) is 5.32 Å². The van der Waals surface area contributed by atoms with Gasteiger partial charge in [0.25, 0.3) is 0 Å². The van der Waals surface area contributed by atoms with Crippen LogP contribution in [0.5, 0.6) is 5.75 Å². The molecule has 4 heteroatoms. The van der Waals surface area contributed by atoms with Crippen LogP contribution in [-0.2, 0) is 4.79 Å². The van der Waals surface area contributed by atoms with Crippen molar-refractivity contribution in [3.8, 4) is 5.75 Å². The lowest BCUT2D eigenvalue weighted by Crippen LogP contribution is -2.04. The van der Waals surface area contributed by atoms with Gasteiger partial charge in [-0.2, -0.15) is 0 Å². The van der Waals surface area contributed by atoms with Crippen molar-refractivity contribution in [1.82, 2.24) is 0 Å². The lowest BCUT2D eigenvalue weighted by Gasteiger charge is -2.12. The van der Waals surface area contributed by atoms with Gasteiger partial charge in [0, 0.05) is 5.02 Å². The highest BCUT2D eigenvalue weighted by molar-refractivity contribution is 6.31. The molecule has 0 saturated carbocycles. The number of hydrogen-bond donors (Lipinski definition) is 1. The second-order valence-electron chi connectivity index (χ2n) is 2.85. The van der Waals surface area contributed by atoms with Crippen molar-refractivity contribution >= 4 is 23.6 Å². The third-order valence-corrected chi connectivity index (χ3v) is 2.04. The minimum absolute atomic E-state index is 0.246. The van der Waals surface area contributed by atoms with Gasteiger partial charge < -0.3 is 14.8 Å². The number of hydrogen-bond acceptors (Lipinski definition) is 3. The first-order valence-corrected chi connectivity index (χ1v) is 4.58. The van der Waals surface area contributed by atoms with Crippen LogP contribution in [0.2, 0.25) is 5.02 Å². The molecule has 1 aromatic rings. The fourth-order valence-electron chi connectivity index (χ4n) is 1.28. The summed E-state index contributed by atoms with van der Waals surface area (Å²) in [5, 5.41) is 3.54. The minimum atomic E-state index is 0.246. The molecule has 0 bridgehead atoms. The van der Waals surface area contributed by atoms with Gasteiger partial charge in [-0.25, -0.2) is 0 Å². The first-order chi connectivity index (χ1) is 6.69. The Kier molecular flexibility index (Phi) is 3.77. The Morgan fingerprint density at radius 3 is 2.86 bits per heavy atom. The van der Waals surface area contributed by atoms with Gasteiger partial charge in [-0.15, -0.1) is 0 Å². The molecule has 0 atom stereocenters. The number of carbonyl (C=O) groups excluding carboxylic acids is 1. The van der Waals surface area contributed by atoms with E-state index in [4.69, 9.17) is 16.3 Å². The van der Waals surface area contributed by atoms with E-state index >= 15 is 0 Å². The number of halogens is 1. The summed E-state index contributed by atoms with van der Waals surface area (Å²) in [7, 11) is 1.59. The number of anilines is 1. The van der Waals surface area contributed by atoms with E-state index in [1.807, 2.05) is 13.0 Å². The average molecular weight is 214 g/mol. The van der Waals surface area contributed by atoms with Crippen LogP contribution in [0.3, 0.4) is 0 Å². The smallest absolute Gasteiger partial charge is 0.144 e. The van der Waals surface area contributed by atoms with Gasteiger partial charge in [0.2, 0.25) is 0 Å². The summed E-state index contributed by atoms with van der Waals surface area (Å²) >= 11 is 5.87. The highest BCUT2D eigenvalue weighted by Gasteiger charge is 2.06. The zero-order valence-corrected chi connectivity index (χ0v) is 8.89. The maximum atomic E-state index is 10.2. The molecule has 14 heavy (non-hydrogen) atoms. The highest BCUT2D eigenvalue weighted by Crippen LogP contribution is 2.31. The molecule has 0 aliphatic heterocycles. The van der Waals surface area contributed by atoms with Crippen LogP contribution in [0.15, 0.2) is 12.1 Å². The van der Waals surface area contributed by atoms with Gasteiger partial charge in [-0.1, -0.05) is 11.6 Å². The predicted octanol–water partition coefficient (Wildman–Crippen LogP) is 2.27. The molecule has 1 rings (SSSR count). The van der Waals surface area contributed by atoms with E-state index in [-0.39, 0.29) is 6.54 Å². The van der Waals surface area contributed by atoms with E-state index in [1.165, 1.54) is 0 Å². The van der Waals surface area contributed by atoms with E-state index in [0.29, 0.717) is 5.02 Å². The molecule has 3 nitrogen and oxygen atoms in total. The standard InChI is InChI=1S/C10H12ClNO2/c1-7-5-8(11)6-9(10(7)14-2)12-3-4-13/h4-6,12H,3H2,1-2H3. The Hall–Kier alpha value is -1.22. The Labute approximate surface area is 88.0 Å². The molecule has 76 valence electrons. The van der Waals surface area contributed by atoms with Crippen LogP contribution in [0.4, 0.5) is 5.69 Å². The summed E-state index contributed by atoms with van der Waals surface area (Å²) in [6.07, 6.45) is 0.787. The number of rotatable bonds is 4. The Bertz CT molecular complexity index is 339. The van der Waals surface area contributed by atoms with Crippen molar-refractivity contribution in [2.24, 2.45) is 0 Å². The van der Waals surface area contributed by atoms with Crippen molar-refractivity contribution < 1.29 is 9.53 Å². The lowest BCUT2D eigenvalue weighted by atomic mass is 10.2. The zero-order valence-electron chi connectivity index (χ0n) is 8.13. The zero-order chi connectivity index (χ0) is 10.6. The van der Waals surface area contributed by atoms with Crippen LogP contribution in [0.1, 0.15) is 5.56 Å². The number of methoxy groups -OCH3 is 1. The first kappa shape index (κ1) is 10.9. The topological polar surface area (TPSA) is 38.3 Å². The quantitative estimate of drug-likeness (QED) is 0.780. The van der Waals surface area contributed by atoms with Crippen molar-refractivity contribution in [2.45, 2.75) is 6.92 Å². The van der Waals surface area contributed by atoms with Crippen molar-refractivity contribution in [2.75, 3.05) is 19.0 Å². The van der Waals surface area contributed by atoms with Gasteiger partial charge in [-0.05, 0) is 24.6 Å². The van der Waals surface area contributed by atoms with Crippen LogP contribution in [-0.4, -0.2) is 19.9 Å². The molecular weight excluding hydrogens is 202 g/mol. The maximum absolute atomic E-state index is 10.2. The van der Waals surface area contributed by atoms with Crippen molar-refractivity contribution in [3.63, 3.8) is 0 Å². The molecule has 0 amide bonds. The normalized spacial score (nSPS) is 9.64. The van der Waals surface area contributed by atoms with Gasteiger partial charge in [-0.3, -0.25) is 0 Å². The largest absolute Gasteiger partial charge is 0.494 e. The number of ether oxygens (including phenoxy) is 1. The van der Waals surface area contributed by atoms with E-state index in [0.717, 1.165) is 23.3 Å². The van der Waals surface area contributed by atoms with E-state index < -0.39 is 0 Å². The number of aldehydes is 1. The van der Waals surface area contributed by atoms with Gasteiger partial charge >= 0.3 is 0 Å². The molecule has 1 N–H and O–H groups in total. The molecule has 0 aliphatic rings. The second kappa shape index (κ2) is 4.86. The molecule has 1 aromatic carbocycles. The Balaban J connectivity index is 3.04. The molecule has 0 heterocycles. The molecule has 0 spiro atoms. The van der Waals surface area contributed by atoms with E-state index in [1.54, 1.807) is 13.2 Å². The second-order valence-corrected chi connectivity index (χ2v) is 3.29. The minimum Gasteiger partial charge on any atom is -0.494 e. The third kappa shape index (κ3) is 2.39. The Morgan fingerprint density at radius 2 is 2.29 bits per heavy atom. The van der Waals surface area contributed by atoms with Crippen LogP contribution >= 0.6 is 11.6 Å². The predicted molar refractivity (Wildman–Crippen MR) is 57.3 cm³/mol. The van der Waals surface area contributed by atoms with Gasteiger partial charge in [0.15, 0.2) is 0 Å². The number of carbonyl (C=O) groups is 1. The molecule has 0 aromatic heterocycles.